The normalized spacial score (nSPS) is 27.1. The first-order chi connectivity index (χ1) is 14.1. The Morgan fingerprint density at radius 1 is 1.34 bits per heavy atom. The minimum absolute atomic E-state index is 0.0584. The number of anilines is 1. The molecule has 1 amide bonds. The van der Waals surface area contributed by atoms with Crippen molar-refractivity contribution in [1.82, 2.24) is 15.1 Å². The van der Waals surface area contributed by atoms with E-state index in [-0.39, 0.29) is 17.7 Å². The van der Waals surface area contributed by atoms with Crippen LogP contribution in [-0.2, 0) is 23.2 Å². The second-order valence-corrected chi connectivity index (χ2v) is 8.71. The maximum absolute atomic E-state index is 12.9. The van der Waals surface area contributed by atoms with E-state index in [1.54, 1.807) is 4.68 Å². The van der Waals surface area contributed by atoms with Crippen molar-refractivity contribution < 1.29 is 9.53 Å². The molecule has 2 unspecified atom stereocenters. The van der Waals surface area contributed by atoms with Gasteiger partial charge in [0.05, 0.1) is 24.8 Å². The second-order valence-electron chi connectivity index (χ2n) is 8.71. The molecule has 2 N–H and O–H groups in total. The summed E-state index contributed by atoms with van der Waals surface area (Å²) >= 11 is 0. The van der Waals surface area contributed by atoms with E-state index in [1.165, 1.54) is 12.8 Å². The summed E-state index contributed by atoms with van der Waals surface area (Å²) in [5.41, 5.74) is 3.06. The number of rotatable bonds is 6. The van der Waals surface area contributed by atoms with Gasteiger partial charge in [-0.1, -0.05) is 31.9 Å². The van der Waals surface area contributed by atoms with Crippen LogP contribution >= 0.6 is 0 Å². The van der Waals surface area contributed by atoms with Gasteiger partial charge in [-0.2, -0.15) is 5.10 Å². The van der Waals surface area contributed by atoms with E-state index in [2.05, 4.69) is 28.7 Å². The van der Waals surface area contributed by atoms with E-state index in [9.17, 15) is 4.79 Å². The van der Waals surface area contributed by atoms with Crippen LogP contribution in [0.1, 0.15) is 49.7 Å². The SMILES string of the molecule is CC1CCCC(OCc2cccc(NC(=O)[C@H]3CNC[C@@H]3c3cnn(C)c3)c2)C1. The molecule has 0 bridgehead atoms. The Morgan fingerprint density at radius 2 is 2.24 bits per heavy atom. The first-order valence-corrected chi connectivity index (χ1v) is 10.8. The molecule has 1 aromatic heterocycles. The summed E-state index contributed by atoms with van der Waals surface area (Å²) < 4.78 is 7.94. The average Bonchev–Trinajstić information content (AvgIpc) is 3.35. The molecule has 1 saturated carbocycles. The fourth-order valence-corrected chi connectivity index (χ4v) is 4.65. The highest BCUT2D eigenvalue weighted by Crippen LogP contribution is 2.29. The third kappa shape index (κ3) is 5.06. The number of carbonyl (C=O) groups is 1. The number of nitrogens with zero attached hydrogens (tertiary/aromatic N) is 2. The number of hydrogen-bond donors (Lipinski definition) is 2. The molecule has 6 nitrogen and oxygen atoms in total. The molecule has 2 heterocycles. The van der Waals surface area contributed by atoms with Crippen molar-refractivity contribution >= 4 is 11.6 Å². The van der Waals surface area contributed by atoms with Gasteiger partial charge in [-0.25, -0.2) is 0 Å². The molecule has 29 heavy (non-hydrogen) atoms. The minimum Gasteiger partial charge on any atom is -0.374 e. The molecule has 156 valence electrons. The molecule has 4 rings (SSSR count). The molecular formula is C23H32N4O2. The summed E-state index contributed by atoms with van der Waals surface area (Å²) in [7, 11) is 1.91. The van der Waals surface area contributed by atoms with Gasteiger partial charge in [0.25, 0.3) is 0 Å². The molecule has 4 atom stereocenters. The monoisotopic (exact) mass is 396 g/mol. The van der Waals surface area contributed by atoms with Crippen LogP contribution < -0.4 is 10.6 Å². The van der Waals surface area contributed by atoms with Crippen molar-refractivity contribution in [1.29, 1.82) is 0 Å². The zero-order chi connectivity index (χ0) is 20.2. The van der Waals surface area contributed by atoms with Crippen molar-refractivity contribution in [2.45, 2.75) is 51.2 Å². The van der Waals surface area contributed by atoms with Crippen LogP contribution in [0.25, 0.3) is 0 Å². The van der Waals surface area contributed by atoms with Crippen molar-refractivity contribution in [3.63, 3.8) is 0 Å². The largest absolute Gasteiger partial charge is 0.374 e. The van der Waals surface area contributed by atoms with Crippen LogP contribution in [0.4, 0.5) is 5.69 Å². The average molecular weight is 397 g/mol. The van der Waals surface area contributed by atoms with Gasteiger partial charge in [0.15, 0.2) is 0 Å². The summed E-state index contributed by atoms with van der Waals surface area (Å²) in [5.74, 6) is 0.876. The van der Waals surface area contributed by atoms with E-state index in [0.717, 1.165) is 42.1 Å². The fraction of sp³-hybridized carbons (Fsp3) is 0.565. The van der Waals surface area contributed by atoms with E-state index < -0.39 is 0 Å². The molecule has 0 spiro atoms. The van der Waals surface area contributed by atoms with E-state index in [1.807, 2.05) is 37.6 Å². The first-order valence-electron chi connectivity index (χ1n) is 10.8. The Bertz CT molecular complexity index is 834. The van der Waals surface area contributed by atoms with Gasteiger partial charge in [-0.3, -0.25) is 9.48 Å². The number of aryl methyl sites for hydroxylation is 1. The van der Waals surface area contributed by atoms with E-state index in [4.69, 9.17) is 4.74 Å². The second kappa shape index (κ2) is 9.09. The van der Waals surface area contributed by atoms with Crippen LogP contribution in [0.5, 0.6) is 0 Å². The summed E-state index contributed by atoms with van der Waals surface area (Å²) in [6, 6.07) is 8.04. The first kappa shape index (κ1) is 20.1. The smallest absolute Gasteiger partial charge is 0.229 e. The summed E-state index contributed by atoms with van der Waals surface area (Å²) in [5, 5.41) is 10.7. The lowest BCUT2D eigenvalue weighted by atomic mass is 9.89. The van der Waals surface area contributed by atoms with Crippen LogP contribution in [0, 0.1) is 11.8 Å². The third-order valence-electron chi connectivity index (χ3n) is 6.27. The Kier molecular flexibility index (Phi) is 6.31. The van der Waals surface area contributed by atoms with E-state index >= 15 is 0 Å². The highest BCUT2D eigenvalue weighted by Gasteiger charge is 2.34. The number of aromatic nitrogens is 2. The Morgan fingerprint density at radius 3 is 3.03 bits per heavy atom. The molecule has 1 aromatic carbocycles. The van der Waals surface area contributed by atoms with Crippen molar-refractivity contribution in [3.8, 4) is 0 Å². The van der Waals surface area contributed by atoms with Gasteiger partial charge in [0.1, 0.15) is 0 Å². The molecule has 1 aliphatic heterocycles. The fourth-order valence-electron chi connectivity index (χ4n) is 4.65. The number of nitrogens with one attached hydrogen (secondary N) is 2. The van der Waals surface area contributed by atoms with Crippen LogP contribution in [0.2, 0.25) is 0 Å². The zero-order valence-corrected chi connectivity index (χ0v) is 17.4. The molecular weight excluding hydrogens is 364 g/mol. The lowest BCUT2D eigenvalue weighted by molar-refractivity contribution is -0.119. The van der Waals surface area contributed by atoms with Crippen molar-refractivity contribution in [2.75, 3.05) is 18.4 Å². The molecule has 1 aliphatic carbocycles. The maximum Gasteiger partial charge on any atom is 0.229 e. The molecule has 1 saturated heterocycles. The Balaban J connectivity index is 1.35. The van der Waals surface area contributed by atoms with E-state index in [0.29, 0.717) is 19.3 Å². The number of ether oxygens (including phenoxy) is 1. The Labute approximate surface area is 173 Å². The van der Waals surface area contributed by atoms with Gasteiger partial charge >= 0.3 is 0 Å². The predicted octanol–water partition coefficient (Wildman–Crippen LogP) is 3.46. The van der Waals surface area contributed by atoms with Crippen molar-refractivity contribution in [3.05, 3.63) is 47.8 Å². The summed E-state index contributed by atoms with van der Waals surface area (Å²) in [6.07, 6.45) is 9.12. The molecule has 0 radical (unpaired) electrons. The van der Waals surface area contributed by atoms with Crippen LogP contribution in [-0.4, -0.2) is 34.9 Å². The minimum atomic E-state index is -0.0946. The van der Waals surface area contributed by atoms with Gasteiger partial charge < -0.3 is 15.4 Å². The van der Waals surface area contributed by atoms with Gasteiger partial charge in [-0.15, -0.1) is 0 Å². The van der Waals surface area contributed by atoms with Crippen LogP contribution in [0.15, 0.2) is 36.7 Å². The Hall–Kier alpha value is -2.18. The van der Waals surface area contributed by atoms with Gasteiger partial charge in [-0.05, 0) is 42.0 Å². The molecule has 2 fully saturated rings. The quantitative estimate of drug-likeness (QED) is 0.785. The maximum atomic E-state index is 12.9. The number of amides is 1. The number of carbonyl (C=O) groups excluding carboxylic acids is 1. The standard InChI is InChI=1S/C23H32N4O2/c1-16-5-3-8-20(9-16)29-15-17-6-4-7-19(10-17)26-23(28)22-13-24-12-21(22)18-11-25-27(2)14-18/h4,6-7,10-11,14,16,20-22,24H,3,5,8-9,12-13,15H2,1-2H3,(H,26,28)/t16?,20?,21-,22+/m1/s1. The predicted molar refractivity (Wildman–Crippen MR) is 114 cm³/mol. The van der Waals surface area contributed by atoms with Gasteiger partial charge in [0, 0.05) is 37.9 Å². The summed E-state index contributed by atoms with van der Waals surface area (Å²) in [6.45, 7) is 4.40. The van der Waals surface area contributed by atoms with Gasteiger partial charge in [0.2, 0.25) is 5.91 Å². The van der Waals surface area contributed by atoms with Crippen molar-refractivity contribution in [2.24, 2.45) is 18.9 Å². The lowest BCUT2D eigenvalue weighted by Gasteiger charge is -2.26. The topological polar surface area (TPSA) is 68.2 Å². The number of benzene rings is 1. The molecule has 2 aromatic rings. The zero-order valence-electron chi connectivity index (χ0n) is 17.4. The number of hydrogen-bond acceptors (Lipinski definition) is 4. The highest BCUT2D eigenvalue weighted by atomic mass is 16.5. The summed E-state index contributed by atoms with van der Waals surface area (Å²) in [4.78, 5) is 12.9. The molecule has 6 heteroatoms. The van der Waals surface area contributed by atoms with Crippen LogP contribution in [0.3, 0.4) is 0 Å². The third-order valence-corrected chi connectivity index (χ3v) is 6.27. The lowest BCUT2D eigenvalue weighted by Crippen LogP contribution is -2.28. The molecule has 2 aliphatic rings. The highest BCUT2D eigenvalue weighted by molar-refractivity contribution is 5.93.